The summed E-state index contributed by atoms with van der Waals surface area (Å²) in [5.74, 6) is 0.0697. The summed E-state index contributed by atoms with van der Waals surface area (Å²) >= 11 is 0. The molecule has 0 unspecified atom stereocenters. The number of aryl methyl sites for hydroxylation is 1. The maximum Gasteiger partial charge on any atom is 0.160 e. The molecule has 1 rings (SSSR count). The quantitative estimate of drug-likeness (QED) is 0.746. The van der Waals surface area contributed by atoms with E-state index in [1.165, 1.54) is 0 Å². The van der Waals surface area contributed by atoms with Crippen molar-refractivity contribution in [1.82, 2.24) is 0 Å². The van der Waals surface area contributed by atoms with Crippen molar-refractivity contribution in [3.05, 3.63) is 34.4 Å². The molecular weight excluding hydrogens is 176 g/mol. The molecule has 14 heavy (non-hydrogen) atoms. The van der Waals surface area contributed by atoms with E-state index in [-0.39, 0.29) is 12.4 Å². The summed E-state index contributed by atoms with van der Waals surface area (Å²) in [5, 5.41) is 9.02. The summed E-state index contributed by atoms with van der Waals surface area (Å²) in [5.41, 5.74) is 3.74. The second kappa shape index (κ2) is 4.38. The third-order valence-electron chi connectivity index (χ3n) is 2.45. The standard InChI is InChI=1S/C12H16O2/c1-4-11-8(2)5-10(7-13)6-12(11)9(3)14/h5-6,13H,4,7H2,1-3H3. The predicted octanol–water partition coefficient (Wildman–Crippen LogP) is 2.25. The molecule has 0 saturated heterocycles. The van der Waals surface area contributed by atoms with Gasteiger partial charge in [-0.3, -0.25) is 4.79 Å². The first-order valence-electron chi connectivity index (χ1n) is 4.84. The number of aliphatic hydroxyl groups excluding tert-OH is 1. The van der Waals surface area contributed by atoms with E-state index >= 15 is 0 Å². The van der Waals surface area contributed by atoms with Crippen LogP contribution in [0, 0.1) is 6.92 Å². The Morgan fingerprint density at radius 2 is 2.07 bits per heavy atom. The molecule has 0 fully saturated rings. The molecule has 0 aliphatic carbocycles. The molecule has 0 radical (unpaired) electrons. The highest BCUT2D eigenvalue weighted by Crippen LogP contribution is 2.18. The molecule has 2 heteroatoms. The third kappa shape index (κ3) is 2.02. The van der Waals surface area contributed by atoms with Crippen molar-refractivity contribution in [2.45, 2.75) is 33.8 Å². The van der Waals surface area contributed by atoms with Crippen LogP contribution in [0.5, 0.6) is 0 Å². The van der Waals surface area contributed by atoms with Gasteiger partial charge in [-0.05, 0) is 43.0 Å². The summed E-state index contributed by atoms with van der Waals surface area (Å²) in [6.07, 6.45) is 0.854. The Morgan fingerprint density at radius 3 is 2.50 bits per heavy atom. The minimum absolute atomic E-state index is 0.00882. The van der Waals surface area contributed by atoms with E-state index in [0.717, 1.165) is 28.7 Å². The fourth-order valence-corrected chi connectivity index (χ4v) is 1.77. The van der Waals surface area contributed by atoms with E-state index in [2.05, 4.69) is 0 Å². The Hall–Kier alpha value is -1.15. The number of Topliss-reactive ketones (excluding diaryl/α,β-unsaturated/α-hetero) is 1. The summed E-state index contributed by atoms with van der Waals surface area (Å²) in [6, 6.07) is 3.72. The highest BCUT2D eigenvalue weighted by atomic mass is 16.3. The Kier molecular flexibility index (Phi) is 3.42. The van der Waals surface area contributed by atoms with Gasteiger partial charge in [0.1, 0.15) is 0 Å². The molecule has 0 aliphatic heterocycles. The van der Waals surface area contributed by atoms with Gasteiger partial charge in [0.25, 0.3) is 0 Å². The molecule has 0 bridgehead atoms. The summed E-state index contributed by atoms with van der Waals surface area (Å²) in [4.78, 5) is 11.4. The third-order valence-corrected chi connectivity index (χ3v) is 2.45. The number of aliphatic hydroxyl groups is 1. The van der Waals surface area contributed by atoms with Crippen LogP contribution in [0.15, 0.2) is 12.1 Å². The van der Waals surface area contributed by atoms with Crippen molar-refractivity contribution >= 4 is 5.78 Å². The van der Waals surface area contributed by atoms with Crippen molar-refractivity contribution < 1.29 is 9.90 Å². The van der Waals surface area contributed by atoms with Crippen molar-refractivity contribution in [3.63, 3.8) is 0 Å². The average Bonchev–Trinajstić information content (AvgIpc) is 2.16. The number of rotatable bonds is 3. The van der Waals surface area contributed by atoms with Gasteiger partial charge in [-0.2, -0.15) is 0 Å². The lowest BCUT2D eigenvalue weighted by Gasteiger charge is -2.10. The van der Waals surface area contributed by atoms with Crippen LogP contribution < -0.4 is 0 Å². The highest BCUT2D eigenvalue weighted by Gasteiger charge is 2.09. The number of hydrogen-bond donors (Lipinski definition) is 1. The van der Waals surface area contributed by atoms with E-state index in [9.17, 15) is 4.79 Å². The first kappa shape index (κ1) is 10.9. The van der Waals surface area contributed by atoms with Gasteiger partial charge in [-0.1, -0.05) is 13.0 Å². The average molecular weight is 192 g/mol. The molecule has 0 aliphatic rings. The smallest absolute Gasteiger partial charge is 0.160 e. The van der Waals surface area contributed by atoms with Gasteiger partial charge in [0.15, 0.2) is 5.78 Å². The zero-order valence-electron chi connectivity index (χ0n) is 8.92. The molecule has 0 aromatic heterocycles. The number of ketones is 1. The molecule has 0 heterocycles. The summed E-state index contributed by atoms with van der Waals surface area (Å²) < 4.78 is 0. The fourth-order valence-electron chi connectivity index (χ4n) is 1.77. The minimum atomic E-state index is -0.00882. The predicted molar refractivity (Wildman–Crippen MR) is 56.5 cm³/mol. The highest BCUT2D eigenvalue weighted by molar-refractivity contribution is 5.96. The SMILES string of the molecule is CCc1c(C)cc(CO)cc1C(C)=O. The maximum atomic E-state index is 11.4. The molecule has 0 spiro atoms. The molecule has 0 saturated carbocycles. The second-order valence-corrected chi connectivity index (χ2v) is 3.51. The van der Waals surface area contributed by atoms with E-state index in [4.69, 9.17) is 5.11 Å². The molecule has 0 atom stereocenters. The number of carbonyl (C=O) groups is 1. The first-order chi connectivity index (χ1) is 6.60. The van der Waals surface area contributed by atoms with Crippen LogP contribution in [0.3, 0.4) is 0 Å². The van der Waals surface area contributed by atoms with Crippen LogP contribution in [0.1, 0.15) is 40.9 Å². The van der Waals surface area contributed by atoms with E-state index < -0.39 is 0 Å². The van der Waals surface area contributed by atoms with Crippen molar-refractivity contribution in [3.8, 4) is 0 Å². The molecule has 0 amide bonds. The van der Waals surface area contributed by atoms with Gasteiger partial charge in [-0.25, -0.2) is 0 Å². The monoisotopic (exact) mass is 192 g/mol. The topological polar surface area (TPSA) is 37.3 Å². The van der Waals surface area contributed by atoms with Crippen LogP contribution in [0.4, 0.5) is 0 Å². The molecule has 1 aromatic rings. The first-order valence-corrected chi connectivity index (χ1v) is 4.84. The van der Waals surface area contributed by atoms with Gasteiger partial charge in [0, 0.05) is 5.56 Å². The fraction of sp³-hybridized carbons (Fsp3) is 0.417. The Morgan fingerprint density at radius 1 is 1.43 bits per heavy atom. The lowest BCUT2D eigenvalue weighted by molar-refractivity contribution is 0.101. The van der Waals surface area contributed by atoms with Crippen LogP contribution in [-0.4, -0.2) is 10.9 Å². The largest absolute Gasteiger partial charge is 0.392 e. The van der Waals surface area contributed by atoms with Crippen molar-refractivity contribution in [2.24, 2.45) is 0 Å². The Bertz CT molecular complexity index is 354. The maximum absolute atomic E-state index is 11.4. The zero-order chi connectivity index (χ0) is 10.7. The Labute approximate surface area is 84.6 Å². The van der Waals surface area contributed by atoms with E-state index in [0.29, 0.717) is 0 Å². The number of carbonyl (C=O) groups excluding carboxylic acids is 1. The van der Waals surface area contributed by atoms with Gasteiger partial charge in [0.2, 0.25) is 0 Å². The number of hydrogen-bond acceptors (Lipinski definition) is 2. The van der Waals surface area contributed by atoms with E-state index in [1.54, 1.807) is 13.0 Å². The van der Waals surface area contributed by atoms with Crippen molar-refractivity contribution in [2.75, 3.05) is 0 Å². The molecule has 1 N–H and O–H groups in total. The molecule has 76 valence electrons. The molecular formula is C12H16O2. The lowest BCUT2D eigenvalue weighted by Crippen LogP contribution is -2.03. The van der Waals surface area contributed by atoms with Gasteiger partial charge < -0.3 is 5.11 Å². The van der Waals surface area contributed by atoms with Crippen molar-refractivity contribution in [1.29, 1.82) is 0 Å². The molecule has 2 nitrogen and oxygen atoms in total. The van der Waals surface area contributed by atoms with Gasteiger partial charge in [0.05, 0.1) is 6.61 Å². The van der Waals surface area contributed by atoms with Crippen LogP contribution in [-0.2, 0) is 13.0 Å². The molecule has 1 aromatic carbocycles. The zero-order valence-corrected chi connectivity index (χ0v) is 8.92. The number of benzene rings is 1. The van der Waals surface area contributed by atoms with Gasteiger partial charge in [-0.15, -0.1) is 0 Å². The minimum Gasteiger partial charge on any atom is -0.392 e. The van der Waals surface area contributed by atoms with Crippen LogP contribution >= 0.6 is 0 Å². The second-order valence-electron chi connectivity index (χ2n) is 3.51. The normalized spacial score (nSPS) is 10.3. The summed E-state index contributed by atoms with van der Waals surface area (Å²) in [6.45, 7) is 5.57. The van der Waals surface area contributed by atoms with Crippen LogP contribution in [0.25, 0.3) is 0 Å². The van der Waals surface area contributed by atoms with Gasteiger partial charge >= 0.3 is 0 Å². The van der Waals surface area contributed by atoms with E-state index in [1.807, 2.05) is 19.9 Å². The lowest BCUT2D eigenvalue weighted by atomic mass is 9.95. The van der Waals surface area contributed by atoms with Crippen LogP contribution in [0.2, 0.25) is 0 Å². The summed E-state index contributed by atoms with van der Waals surface area (Å²) in [7, 11) is 0. The Balaban J connectivity index is 3.35.